The summed E-state index contributed by atoms with van der Waals surface area (Å²) in [5.74, 6) is 0.359. The third kappa shape index (κ3) is 3.65. The zero-order valence-corrected chi connectivity index (χ0v) is 14.3. The van der Waals surface area contributed by atoms with E-state index in [2.05, 4.69) is 15.9 Å². The summed E-state index contributed by atoms with van der Waals surface area (Å²) in [7, 11) is -2.06. The van der Waals surface area contributed by atoms with Crippen LogP contribution in [0.2, 0.25) is 0 Å². The summed E-state index contributed by atoms with van der Waals surface area (Å²) in [5.41, 5.74) is 5.81. The van der Waals surface area contributed by atoms with Crippen molar-refractivity contribution in [2.75, 3.05) is 20.2 Å². The predicted octanol–water partition coefficient (Wildman–Crippen LogP) is 1.99. The maximum Gasteiger partial charge on any atom is 0.246 e. The maximum absolute atomic E-state index is 12.6. The Morgan fingerprint density at radius 3 is 2.50 bits per heavy atom. The van der Waals surface area contributed by atoms with Gasteiger partial charge < -0.3 is 10.5 Å². The molecule has 20 heavy (non-hydrogen) atoms. The summed E-state index contributed by atoms with van der Waals surface area (Å²) in [6.07, 6.45) is 1.38. The van der Waals surface area contributed by atoms with E-state index in [9.17, 15) is 8.42 Å². The molecule has 1 aromatic carbocycles. The van der Waals surface area contributed by atoms with Crippen LogP contribution in [0.4, 0.5) is 0 Å². The standard InChI is InChI=1S/C12H17BrN2O3S.ClH/c1-18-11-3-2-9(13)8-12(11)19(16,17)15-6-4-10(14)5-7-15;/h2-3,8,10H,4-7,14H2,1H3;1H. The summed E-state index contributed by atoms with van der Waals surface area (Å²) >= 11 is 3.29. The van der Waals surface area contributed by atoms with Gasteiger partial charge in [0.25, 0.3) is 0 Å². The second-order valence-electron chi connectivity index (χ2n) is 4.54. The number of piperidine rings is 1. The molecule has 0 spiro atoms. The van der Waals surface area contributed by atoms with Crippen molar-refractivity contribution in [3.63, 3.8) is 0 Å². The van der Waals surface area contributed by atoms with Crippen molar-refractivity contribution in [2.24, 2.45) is 5.73 Å². The van der Waals surface area contributed by atoms with E-state index >= 15 is 0 Å². The zero-order chi connectivity index (χ0) is 14.0. The topological polar surface area (TPSA) is 72.6 Å². The Kier molecular flexibility index (Phi) is 6.27. The minimum atomic E-state index is -3.53. The average Bonchev–Trinajstić information content (AvgIpc) is 2.39. The van der Waals surface area contributed by atoms with Gasteiger partial charge in [-0.1, -0.05) is 15.9 Å². The van der Waals surface area contributed by atoms with Gasteiger partial charge in [0.1, 0.15) is 10.6 Å². The molecule has 1 fully saturated rings. The first-order valence-corrected chi connectivity index (χ1v) is 8.27. The first kappa shape index (κ1) is 17.7. The fraction of sp³-hybridized carbons (Fsp3) is 0.500. The number of halogens is 2. The van der Waals surface area contributed by atoms with Gasteiger partial charge in [0.05, 0.1) is 7.11 Å². The number of methoxy groups -OCH3 is 1. The van der Waals surface area contributed by atoms with Crippen molar-refractivity contribution in [1.29, 1.82) is 0 Å². The minimum Gasteiger partial charge on any atom is -0.495 e. The Balaban J connectivity index is 0.00000200. The van der Waals surface area contributed by atoms with Crippen LogP contribution in [0.1, 0.15) is 12.8 Å². The second-order valence-corrected chi connectivity index (χ2v) is 7.36. The molecule has 0 aromatic heterocycles. The van der Waals surface area contributed by atoms with Crippen LogP contribution in [0, 0.1) is 0 Å². The Labute approximate surface area is 134 Å². The molecule has 0 unspecified atom stereocenters. The van der Waals surface area contributed by atoms with Gasteiger partial charge >= 0.3 is 0 Å². The van der Waals surface area contributed by atoms with Gasteiger partial charge in [-0.15, -0.1) is 12.4 Å². The van der Waals surface area contributed by atoms with Crippen molar-refractivity contribution >= 4 is 38.4 Å². The highest BCUT2D eigenvalue weighted by Gasteiger charge is 2.30. The molecule has 1 aromatic rings. The van der Waals surface area contributed by atoms with Gasteiger partial charge in [0.2, 0.25) is 10.0 Å². The van der Waals surface area contributed by atoms with Crippen LogP contribution in [0.3, 0.4) is 0 Å². The lowest BCUT2D eigenvalue weighted by atomic mass is 10.1. The van der Waals surface area contributed by atoms with Crippen molar-refractivity contribution in [3.8, 4) is 5.75 Å². The van der Waals surface area contributed by atoms with Crippen molar-refractivity contribution in [3.05, 3.63) is 22.7 Å². The second kappa shape index (κ2) is 7.09. The third-order valence-corrected chi connectivity index (χ3v) is 5.66. The van der Waals surface area contributed by atoms with Gasteiger partial charge in [-0.25, -0.2) is 8.42 Å². The molecule has 0 atom stereocenters. The van der Waals surface area contributed by atoms with E-state index < -0.39 is 10.0 Å². The van der Waals surface area contributed by atoms with Crippen LogP contribution >= 0.6 is 28.3 Å². The molecule has 114 valence electrons. The molecular weight excluding hydrogens is 368 g/mol. The van der Waals surface area contributed by atoms with E-state index in [0.29, 0.717) is 36.2 Å². The molecule has 1 aliphatic rings. The molecule has 8 heteroatoms. The Morgan fingerprint density at radius 1 is 1.35 bits per heavy atom. The van der Waals surface area contributed by atoms with Crippen molar-refractivity contribution in [1.82, 2.24) is 4.31 Å². The quantitative estimate of drug-likeness (QED) is 0.863. The monoisotopic (exact) mass is 384 g/mol. The van der Waals surface area contributed by atoms with Crippen LogP contribution < -0.4 is 10.5 Å². The molecule has 1 heterocycles. The van der Waals surface area contributed by atoms with Crippen LogP contribution in [-0.4, -0.2) is 39.0 Å². The fourth-order valence-electron chi connectivity index (χ4n) is 2.11. The number of nitrogens with zero attached hydrogens (tertiary/aromatic N) is 1. The van der Waals surface area contributed by atoms with E-state index in [4.69, 9.17) is 10.5 Å². The molecule has 0 aliphatic carbocycles. The Hall–Kier alpha value is -0.340. The van der Waals surface area contributed by atoms with E-state index in [1.165, 1.54) is 11.4 Å². The lowest BCUT2D eigenvalue weighted by Crippen LogP contribution is -2.42. The van der Waals surface area contributed by atoms with Crippen LogP contribution in [0.5, 0.6) is 5.75 Å². The molecular formula is C12H18BrClN2O3S. The fourth-order valence-corrected chi connectivity index (χ4v) is 4.27. The molecule has 0 amide bonds. The van der Waals surface area contributed by atoms with E-state index in [1.54, 1.807) is 18.2 Å². The Morgan fingerprint density at radius 2 is 1.95 bits per heavy atom. The van der Waals surface area contributed by atoms with Crippen molar-refractivity contribution in [2.45, 2.75) is 23.8 Å². The Bertz CT molecular complexity index is 560. The molecule has 1 saturated heterocycles. The van der Waals surface area contributed by atoms with Crippen molar-refractivity contribution < 1.29 is 13.2 Å². The first-order valence-electron chi connectivity index (χ1n) is 6.04. The highest BCUT2D eigenvalue weighted by Crippen LogP contribution is 2.30. The first-order chi connectivity index (χ1) is 8.95. The highest BCUT2D eigenvalue weighted by atomic mass is 79.9. The summed E-state index contributed by atoms with van der Waals surface area (Å²) in [6, 6.07) is 5.06. The number of ether oxygens (including phenoxy) is 1. The van der Waals surface area contributed by atoms with Gasteiger partial charge in [0.15, 0.2) is 0 Å². The van der Waals surface area contributed by atoms with E-state index in [0.717, 1.165) is 0 Å². The van der Waals surface area contributed by atoms with Gasteiger partial charge in [-0.3, -0.25) is 0 Å². The van der Waals surface area contributed by atoms with Gasteiger partial charge in [-0.2, -0.15) is 4.31 Å². The number of rotatable bonds is 3. The lowest BCUT2D eigenvalue weighted by Gasteiger charge is -2.29. The minimum absolute atomic E-state index is 0. The number of sulfonamides is 1. The zero-order valence-electron chi connectivity index (χ0n) is 11.1. The van der Waals surface area contributed by atoms with Gasteiger partial charge in [-0.05, 0) is 31.0 Å². The van der Waals surface area contributed by atoms with Crippen LogP contribution in [-0.2, 0) is 10.0 Å². The van der Waals surface area contributed by atoms with E-state index in [-0.39, 0.29) is 23.3 Å². The molecule has 0 bridgehead atoms. The summed E-state index contributed by atoms with van der Waals surface area (Å²) in [5, 5.41) is 0. The van der Waals surface area contributed by atoms with E-state index in [1.807, 2.05) is 0 Å². The highest BCUT2D eigenvalue weighted by molar-refractivity contribution is 9.10. The molecule has 0 radical (unpaired) electrons. The largest absolute Gasteiger partial charge is 0.495 e. The van der Waals surface area contributed by atoms with Crippen LogP contribution in [0.25, 0.3) is 0 Å². The summed E-state index contributed by atoms with van der Waals surface area (Å²) < 4.78 is 32.5. The SMILES string of the molecule is COc1ccc(Br)cc1S(=O)(=O)N1CCC(N)CC1.Cl. The summed E-state index contributed by atoms with van der Waals surface area (Å²) in [4.78, 5) is 0.194. The number of hydrogen-bond donors (Lipinski definition) is 1. The molecule has 0 saturated carbocycles. The maximum atomic E-state index is 12.6. The average molecular weight is 386 g/mol. The summed E-state index contributed by atoms with van der Waals surface area (Å²) in [6.45, 7) is 0.915. The normalized spacial score (nSPS) is 17.6. The molecule has 2 N–H and O–H groups in total. The number of hydrogen-bond acceptors (Lipinski definition) is 4. The molecule has 5 nitrogen and oxygen atoms in total. The van der Waals surface area contributed by atoms with Gasteiger partial charge in [0, 0.05) is 23.6 Å². The van der Waals surface area contributed by atoms with Crippen LogP contribution in [0.15, 0.2) is 27.6 Å². The lowest BCUT2D eigenvalue weighted by molar-refractivity contribution is 0.318. The number of nitrogens with two attached hydrogens (primary N) is 1. The third-order valence-electron chi connectivity index (χ3n) is 3.24. The molecule has 2 rings (SSSR count). The predicted molar refractivity (Wildman–Crippen MR) is 83.9 cm³/mol. The smallest absolute Gasteiger partial charge is 0.246 e. The molecule has 1 aliphatic heterocycles. The number of benzene rings is 1.